The molecule has 0 aliphatic carbocycles. The minimum atomic E-state index is -0.471. The summed E-state index contributed by atoms with van der Waals surface area (Å²) in [5, 5.41) is 1.13. The Hall–Kier alpha value is -2.90. The van der Waals surface area contributed by atoms with Gasteiger partial charge in [-0.3, -0.25) is 24.1 Å². The first kappa shape index (κ1) is 24.2. The van der Waals surface area contributed by atoms with Crippen LogP contribution in [-0.4, -0.2) is 66.0 Å². The quantitative estimate of drug-likeness (QED) is 0.537. The molecule has 178 valence electrons. The molecule has 0 radical (unpaired) electrons. The van der Waals surface area contributed by atoms with E-state index >= 15 is 0 Å². The fraction of sp³-hybridized carbons (Fsp3) is 0.360. The van der Waals surface area contributed by atoms with Gasteiger partial charge in [0.25, 0.3) is 11.8 Å². The molecular weight excluding hydrogens is 477 g/mol. The first-order chi connectivity index (χ1) is 16.2. The maximum absolute atomic E-state index is 12.9. The van der Waals surface area contributed by atoms with E-state index < -0.39 is 5.92 Å². The molecule has 2 aromatic carbocycles. The first-order valence-electron chi connectivity index (χ1n) is 11.2. The molecule has 7 nitrogen and oxygen atoms in total. The summed E-state index contributed by atoms with van der Waals surface area (Å²) in [7, 11) is 0. The van der Waals surface area contributed by atoms with Crippen LogP contribution in [0.5, 0.6) is 0 Å². The molecule has 2 aliphatic heterocycles. The lowest BCUT2D eigenvalue weighted by Gasteiger charge is -2.37. The number of hydrogen-bond donors (Lipinski definition) is 0. The molecule has 3 amide bonds. The number of anilines is 1. The molecular formula is C25H25Cl2N3O4. The van der Waals surface area contributed by atoms with Crippen molar-refractivity contribution in [2.45, 2.75) is 19.8 Å². The van der Waals surface area contributed by atoms with Crippen molar-refractivity contribution in [3.05, 3.63) is 63.6 Å². The van der Waals surface area contributed by atoms with Gasteiger partial charge in [-0.2, -0.15) is 0 Å². The number of halogens is 2. The van der Waals surface area contributed by atoms with Crippen molar-refractivity contribution in [2.75, 3.05) is 37.6 Å². The summed E-state index contributed by atoms with van der Waals surface area (Å²) in [6.07, 6.45) is 0.110. The largest absolute Gasteiger partial charge is 0.368 e. The minimum absolute atomic E-state index is 0.0208. The average molecular weight is 502 g/mol. The number of piperazine rings is 1. The Kier molecular flexibility index (Phi) is 7.24. The van der Waals surface area contributed by atoms with E-state index in [0.29, 0.717) is 47.4 Å². The van der Waals surface area contributed by atoms with Crippen LogP contribution in [0.1, 0.15) is 40.5 Å². The topological polar surface area (TPSA) is 78.0 Å². The van der Waals surface area contributed by atoms with Gasteiger partial charge >= 0.3 is 0 Å². The third-order valence-electron chi connectivity index (χ3n) is 6.25. The molecule has 34 heavy (non-hydrogen) atoms. The van der Waals surface area contributed by atoms with Crippen LogP contribution in [0.15, 0.2) is 42.5 Å². The summed E-state index contributed by atoms with van der Waals surface area (Å²) in [5.41, 5.74) is 1.64. The van der Waals surface area contributed by atoms with Gasteiger partial charge in [0, 0.05) is 67.2 Å². The molecule has 1 atom stereocenters. The van der Waals surface area contributed by atoms with Crippen LogP contribution in [0.4, 0.5) is 5.69 Å². The summed E-state index contributed by atoms with van der Waals surface area (Å²) in [6, 6.07) is 12.0. The molecule has 1 unspecified atom stereocenters. The predicted octanol–water partition coefficient (Wildman–Crippen LogP) is 3.92. The molecule has 2 aromatic rings. The number of Topliss-reactive ketones (excluding diaryl/α,β-unsaturated/α-hetero) is 1. The second-order valence-corrected chi connectivity index (χ2v) is 9.51. The molecule has 1 fully saturated rings. The second kappa shape index (κ2) is 10.2. The zero-order chi connectivity index (χ0) is 24.4. The van der Waals surface area contributed by atoms with Crippen LogP contribution >= 0.6 is 23.2 Å². The van der Waals surface area contributed by atoms with Gasteiger partial charge < -0.3 is 9.80 Å². The molecule has 0 spiro atoms. The zero-order valence-electron chi connectivity index (χ0n) is 18.8. The van der Waals surface area contributed by atoms with E-state index in [4.69, 9.17) is 23.2 Å². The number of hydrogen-bond acceptors (Lipinski definition) is 5. The Bertz CT molecular complexity index is 1090. The van der Waals surface area contributed by atoms with Gasteiger partial charge in [0.2, 0.25) is 5.91 Å². The van der Waals surface area contributed by atoms with Crippen molar-refractivity contribution in [2.24, 2.45) is 5.92 Å². The van der Waals surface area contributed by atoms with E-state index in [2.05, 4.69) is 4.90 Å². The summed E-state index contributed by atoms with van der Waals surface area (Å²) in [4.78, 5) is 55.3. The van der Waals surface area contributed by atoms with E-state index in [0.717, 1.165) is 10.6 Å². The number of carbonyl (C=O) groups excluding carboxylic acids is 4. The van der Waals surface area contributed by atoms with E-state index in [1.54, 1.807) is 42.2 Å². The van der Waals surface area contributed by atoms with Crippen molar-refractivity contribution in [3.8, 4) is 0 Å². The third-order valence-corrected chi connectivity index (χ3v) is 6.69. The number of carbonyl (C=O) groups is 4. The van der Waals surface area contributed by atoms with Crippen molar-refractivity contribution in [1.82, 2.24) is 9.80 Å². The number of rotatable bonds is 7. The average Bonchev–Trinajstić information content (AvgIpc) is 3.06. The van der Waals surface area contributed by atoms with Crippen LogP contribution in [0.25, 0.3) is 0 Å². The Morgan fingerprint density at radius 2 is 1.47 bits per heavy atom. The molecule has 2 heterocycles. The lowest BCUT2D eigenvalue weighted by molar-refractivity contribution is -0.137. The van der Waals surface area contributed by atoms with E-state index in [-0.39, 0.29) is 42.9 Å². The van der Waals surface area contributed by atoms with Gasteiger partial charge in [-0.05, 0) is 30.3 Å². The molecule has 0 aromatic heterocycles. The highest BCUT2D eigenvalue weighted by atomic mass is 35.5. The number of nitrogens with zero attached hydrogens (tertiary/aromatic N) is 3. The third kappa shape index (κ3) is 5.10. The van der Waals surface area contributed by atoms with Crippen LogP contribution < -0.4 is 4.90 Å². The van der Waals surface area contributed by atoms with Gasteiger partial charge in [0.05, 0.1) is 11.1 Å². The summed E-state index contributed by atoms with van der Waals surface area (Å²) >= 11 is 12.2. The highest BCUT2D eigenvalue weighted by molar-refractivity contribution is 6.35. The molecule has 0 N–H and O–H groups in total. The number of ketones is 1. The van der Waals surface area contributed by atoms with Crippen molar-refractivity contribution >= 4 is 52.4 Å². The normalized spacial score (nSPS) is 16.6. The maximum atomic E-state index is 12.9. The summed E-state index contributed by atoms with van der Waals surface area (Å²) in [5.74, 6) is -1.45. The Labute approximate surface area is 208 Å². The van der Waals surface area contributed by atoms with E-state index in [1.165, 1.54) is 0 Å². The summed E-state index contributed by atoms with van der Waals surface area (Å²) in [6.45, 7) is 4.12. The smallest absolute Gasteiger partial charge is 0.261 e. The van der Waals surface area contributed by atoms with Crippen LogP contribution in [0.2, 0.25) is 10.0 Å². The van der Waals surface area contributed by atoms with Crippen molar-refractivity contribution in [1.29, 1.82) is 0 Å². The molecule has 2 aliphatic rings. The van der Waals surface area contributed by atoms with Gasteiger partial charge in [-0.15, -0.1) is 0 Å². The monoisotopic (exact) mass is 501 g/mol. The molecule has 0 bridgehead atoms. The SMILES string of the molecule is CC(CC(=O)CCN1C(=O)c2ccccc2C1=O)C(=O)N1CCN(c2cc(Cl)cc(Cl)c2)CC1. The first-order valence-corrected chi connectivity index (χ1v) is 12.0. The Morgan fingerprint density at radius 3 is 2.03 bits per heavy atom. The Morgan fingerprint density at radius 1 is 0.912 bits per heavy atom. The van der Waals surface area contributed by atoms with Gasteiger partial charge in [0.1, 0.15) is 5.78 Å². The Balaban J connectivity index is 1.25. The number of benzene rings is 2. The van der Waals surface area contributed by atoms with Gasteiger partial charge in [-0.1, -0.05) is 42.3 Å². The fourth-order valence-corrected chi connectivity index (χ4v) is 4.94. The van der Waals surface area contributed by atoms with Crippen molar-refractivity contribution in [3.63, 3.8) is 0 Å². The van der Waals surface area contributed by atoms with Gasteiger partial charge in [-0.25, -0.2) is 0 Å². The van der Waals surface area contributed by atoms with E-state index in [9.17, 15) is 19.2 Å². The fourth-order valence-electron chi connectivity index (χ4n) is 4.43. The molecule has 1 saturated heterocycles. The standard InChI is InChI=1S/C25H25Cl2N3O4/c1-16(12-20(31)6-7-30-24(33)21-4-2-3-5-22(21)25(30)34)23(32)29-10-8-28(9-11-29)19-14-17(26)13-18(27)15-19/h2-5,13-16H,6-12H2,1H3. The van der Waals surface area contributed by atoms with Crippen LogP contribution in [-0.2, 0) is 9.59 Å². The number of imide groups is 1. The van der Waals surface area contributed by atoms with Crippen LogP contribution in [0.3, 0.4) is 0 Å². The maximum Gasteiger partial charge on any atom is 0.261 e. The highest BCUT2D eigenvalue weighted by Crippen LogP contribution is 2.27. The van der Waals surface area contributed by atoms with Gasteiger partial charge in [0.15, 0.2) is 0 Å². The van der Waals surface area contributed by atoms with Crippen LogP contribution in [0, 0.1) is 5.92 Å². The zero-order valence-corrected chi connectivity index (χ0v) is 20.3. The van der Waals surface area contributed by atoms with Crippen molar-refractivity contribution < 1.29 is 19.2 Å². The van der Waals surface area contributed by atoms with E-state index in [1.807, 2.05) is 12.1 Å². The second-order valence-electron chi connectivity index (χ2n) is 8.64. The number of amides is 3. The number of fused-ring (bicyclic) bond motifs is 1. The molecule has 4 rings (SSSR count). The highest BCUT2D eigenvalue weighted by Gasteiger charge is 2.35. The summed E-state index contributed by atoms with van der Waals surface area (Å²) < 4.78 is 0. The molecule has 0 saturated carbocycles. The minimum Gasteiger partial charge on any atom is -0.368 e. The predicted molar refractivity (Wildman–Crippen MR) is 130 cm³/mol. The lowest BCUT2D eigenvalue weighted by Crippen LogP contribution is -2.50. The lowest BCUT2D eigenvalue weighted by atomic mass is 10.0. The molecule has 9 heteroatoms.